The molecule has 0 aromatic heterocycles. The Balaban J connectivity index is 4.10. The number of carbonyl (C=O) groups is 1. The van der Waals surface area contributed by atoms with Gasteiger partial charge in [0, 0.05) is 6.42 Å². The summed E-state index contributed by atoms with van der Waals surface area (Å²) in [5, 5.41) is 15.9. The Morgan fingerprint density at radius 2 is 2.15 bits per heavy atom. The molecule has 0 aromatic rings. The van der Waals surface area contributed by atoms with E-state index in [-0.39, 0.29) is 17.7 Å². The Morgan fingerprint density at radius 3 is 2.46 bits per heavy atom. The van der Waals surface area contributed by atoms with Gasteiger partial charge in [0.15, 0.2) is 0 Å². The molecule has 0 rings (SSSR count). The first kappa shape index (κ1) is 11.9. The maximum absolute atomic E-state index is 10.8. The zero-order chi connectivity index (χ0) is 10.4. The first-order valence-electron chi connectivity index (χ1n) is 4.54. The molecule has 0 fully saturated rings. The third-order valence-corrected chi connectivity index (χ3v) is 2.37. The molecule has 0 bridgehead atoms. The first-order chi connectivity index (χ1) is 5.99. The molecular formula is C9H18N2O2. The van der Waals surface area contributed by atoms with Gasteiger partial charge in [0.1, 0.15) is 0 Å². The molecule has 4 heteroatoms. The molecule has 0 aliphatic rings. The molecule has 0 aromatic carbocycles. The van der Waals surface area contributed by atoms with Crippen molar-refractivity contribution in [2.45, 2.75) is 33.1 Å². The van der Waals surface area contributed by atoms with Crippen molar-refractivity contribution in [3.63, 3.8) is 0 Å². The van der Waals surface area contributed by atoms with E-state index in [0.29, 0.717) is 12.8 Å². The lowest BCUT2D eigenvalue weighted by molar-refractivity contribution is -0.143. The minimum absolute atomic E-state index is 0.0644. The van der Waals surface area contributed by atoms with Gasteiger partial charge in [-0.05, 0) is 12.3 Å². The highest BCUT2D eigenvalue weighted by Gasteiger charge is 2.22. The molecule has 76 valence electrons. The van der Waals surface area contributed by atoms with Crippen LogP contribution in [0.4, 0.5) is 0 Å². The van der Waals surface area contributed by atoms with Crippen molar-refractivity contribution in [1.82, 2.24) is 0 Å². The molecule has 0 aliphatic carbocycles. The van der Waals surface area contributed by atoms with Crippen molar-refractivity contribution in [3.05, 3.63) is 0 Å². The number of carboxylic acid groups (broad SMARTS) is 1. The average Bonchev–Trinajstić information content (AvgIpc) is 2.03. The minimum atomic E-state index is -0.782. The van der Waals surface area contributed by atoms with E-state index in [4.69, 9.17) is 16.2 Å². The zero-order valence-corrected chi connectivity index (χ0v) is 8.21. The Labute approximate surface area is 78.6 Å². The summed E-state index contributed by atoms with van der Waals surface area (Å²) in [6.07, 6.45) is 1.69. The third-order valence-electron chi connectivity index (χ3n) is 2.37. The smallest absolute Gasteiger partial charge is 0.306 e. The van der Waals surface area contributed by atoms with E-state index in [2.05, 4.69) is 0 Å². The second kappa shape index (κ2) is 5.56. The number of amidine groups is 1. The predicted molar refractivity (Wildman–Crippen MR) is 51.7 cm³/mol. The van der Waals surface area contributed by atoms with E-state index >= 15 is 0 Å². The van der Waals surface area contributed by atoms with Crippen LogP contribution in [0.5, 0.6) is 0 Å². The molecule has 2 atom stereocenters. The topological polar surface area (TPSA) is 87.2 Å². The lowest BCUT2D eigenvalue weighted by Crippen LogP contribution is -2.23. The molecular weight excluding hydrogens is 168 g/mol. The maximum Gasteiger partial charge on any atom is 0.306 e. The summed E-state index contributed by atoms with van der Waals surface area (Å²) in [5.74, 6) is -0.934. The van der Waals surface area contributed by atoms with Crippen LogP contribution in [0.2, 0.25) is 0 Å². The maximum atomic E-state index is 10.8. The van der Waals surface area contributed by atoms with Gasteiger partial charge in [-0.2, -0.15) is 0 Å². The fourth-order valence-corrected chi connectivity index (χ4v) is 1.25. The summed E-state index contributed by atoms with van der Waals surface area (Å²) in [6.45, 7) is 3.88. The van der Waals surface area contributed by atoms with E-state index in [1.165, 1.54) is 0 Å². The van der Waals surface area contributed by atoms with Crippen LogP contribution in [0.25, 0.3) is 0 Å². The lowest BCUT2D eigenvalue weighted by Gasteiger charge is -2.17. The highest BCUT2D eigenvalue weighted by molar-refractivity contribution is 5.78. The second-order valence-electron chi connectivity index (χ2n) is 3.39. The molecule has 0 amide bonds. The van der Waals surface area contributed by atoms with Crippen molar-refractivity contribution in [1.29, 1.82) is 5.41 Å². The van der Waals surface area contributed by atoms with Crippen molar-refractivity contribution >= 4 is 11.8 Å². The Morgan fingerprint density at radius 1 is 1.62 bits per heavy atom. The minimum Gasteiger partial charge on any atom is -0.481 e. The van der Waals surface area contributed by atoms with Crippen LogP contribution in [0.1, 0.15) is 33.1 Å². The van der Waals surface area contributed by atoms with Gasteiger partial charge in [-0.25, -0.2) is 0 Å². The van der Waals surface area contributed by atoms with Crippen LogP contribution in [0.15, 0.2) is 0 Å². The summed E-state index contributed by atoms with van der Waals surface area (Å²) in [4.78, 5) is 10.8. The van der Waals surface area contributed by atoms with Gasteiger partial charge < -0.3 is 10.8 Å². The number of nitrogens with one attached hydrogen (secondary N) is 1. The van der Waals surface area contributed by atoms with Crippen LogP contribution in [0.3, 0.4) is 0 Å². The van der Waals surface area contributed by atoms with Crippen LogP contribution < -0.4 is 5.73 Å². The second-order valence-corrected chi connectivity index (χ2v) is 3.39. The molecule has 13 heavy (non-hydrogen) atoms. The normalized spacial score (nSPS) is 14.9. The van der Waals surface area contributed by atoms with E-state index in [1.807, 2.05) is 13.8 Å². The molecule has 0 spiro atoms. The van der Waals surface area contributed by atoms with Gasteiger partial charge in [-0.1, -0.05) is 20.3 Å². The van der Waals surface area contributed by atoms with E-state index < -0.39 is 5.97 Å². The molecule has 0 aliphatic heterocycles. The van der Waals surface area contributed by atoms with Crippen LogP contribution in [0, 0.1) is 17.2 Å². The van der Waals surface area contributed by atoms with Gasteiger partial charge in [-0.15, -0.1) is 0 Å². The van der Waals surface area contributed by atoms with Crippen molar-refractivity contribution in [2.24, 2.45) is 17.6 Å². The fourth-order valence-electron chi connectivity index (χ4n) is 1.25. The van der Waals surface area contributed by atoms with Gasteiger partial charge >= 0.3 is 5.97 Å². The molecule has 0 radical (unpaired) electrons. The number of nitrogens with two attached hydrogens (primary N) is 1. The van der Waals surface area contributed by atoms with Gasteiger partial charge in [0.25, 0.3) is 0 Å². The first-order valence-corrected chi connectivity index (χ1v) is 4.54. The SMILES string of the molecule is CCC(C)C(CCC(=N)N)C(=O)O. The third kappa shape index (κ3) is 4.50. The van der Waals surface area contributed by atoms with E-state index in [0.717, 1.165) is 6.42 Å². The fraction of sp³-hybridized carbons (Fsp3) is 0.778. The van der Waals surface area contributed by atoms with E-state index in [1.54, 1.807) is 0 Å². The standard InChI is InChI=1S/C9H18N2O2/c1-3-6(2)7(9(12)13)4-5-8(10)11/h6-7H,3-5H2,1-2H3,(H3,10,11)(H,12,13). The van der Waals surface area contributed by atoms with Gasteiger partial charge in [-0.3, -0.25) is 10.2 Å². The highest BCUT2D eigenvalue weighted by atomic mass is 16.4. The summed E-state index contributed by atoms with van der Waals surface area (Å²) in [6, 6.07) is 0. The van der Waals surface area contributed by atoms with Crippen molar-refractivity contribution in [2.75, 3.05) is 0 Å². The Kier molecular flexibility index (Phi) is 5.11. The highest BCUT2D eigenvalue weighted by Crippen LogP contribution is 2.20. The number of aliphatic carboxylic acids is 1. The Hall–Kier alpha value is -1.06. The zero-order valence-electron chi connectivity index (χ0n) is 8.21. The summed E-state index contributed by atoms with van der Waals surface area (Å²) < 4.78 is 0. The largest absolute Gasteiger partial charge is 0.481 e. The number of rotatable bonds is 6. The lowest BCUT2D eigenvalue weighted by atomic mass is 9.88. The van der Waals surface area contributed by atoms with Gasteiger partial charge in [0.2, 0.25) is 0 Å². The van der Waals surface area contributed by atoms with Crippen LogP contribution >= 0.6 is 0 Å². The van der Waals surface area contributed by atoms with Crippen LogP contribution in [-0.2, 0) is 4.79 Å². The molecule has 4 N–H and O–H groups in total. The van der Waals surface area contributed by atoms with Gasteiger partial charge in [0.05, 0.1) is 11.8 Å². The van der Waals surface area contributed by atoms with E-state index in [9.17, 15) is 4.79 Å². The summed E-state index contributed by atoms with van der Waals surface area (Å²) >= 11 is 0. The molecule has 0 saturated heterocycles. The summed E-state index contributed by atoms with van der Waals surface area (Å²) in [7, 11) is 0. The number of hydrogen-bond donors (Lipinski definition) is 3. The van der Waals surface area contributed by atoms with Crippen molar-refractivity contribution in [3.8, 4) is 0 Å². The quantitative estimate of drug-likeness (QED) is 0.433. The Bertz CT molecular complexity index is 192. The molecule has 0 saturated carbocycles. The average molecular weight is 186 g/mol. The summed E-state index contributed by atoms with van der Waals surface area (Å²) in [5.41, 5.74) is 5.17. The molecule has 0 heterocycles. The number of carboxylic acids is 1. The van der Waals surface area contributed by atoms with Crippen LogP contribution in [-0.4, -0.2) is 16.9 Å². The monoisotopic (exact) mass is 186 g/mol. The van der Waals surface area contributed by atoms with Crippen molar-refractivity contribution < 1.29 is 9.90 Å². The number of hydrogen-bond acceptors (Lipinski definition) is 2. The predicted octanol–water partition coefficient (Wildman–Crippen LogP) is 1.45. The molecule has 2 unspecified atom stereocenters. The molecule has 4 nitrogen and oxygen atoms in total.